The summed E-state index contributed by atoms with van der Waals surface area (Å²) >= 11 is 0. The molecule has 1 aliphatic heterocycles. The number of ether oxygens (including phenoxy) is 3. The van der Waals surface area contributed by atoms with Gasteiger partial charge in [0, 0.05) is 6.61 Å². The molecule has 2 fully saturated rings. The molecule has 1 heterocycles. The molecule has 0 bridgehead atoms. The Morgan fingerprint density at radius 1 is 1.09 bits per heavy atom. The van der Waals surface area contributed by atoms with E-state index in [1.165, 1.54) is 25.7 Å². The molecule has 22 heavy (non-hydrogen) atoms. The van der Waals surface area contributed by atoms with Crippen molar-refractivity contribution >= 4 is 5.97 Å². The van der Waals surface area contributed by atoms with Crippen LogP contribution in [0.3, 0.4) is 0 Å². The lowest BCUT2D eigenvalue weighted by molar-refractivity contribution is -0.171. The van der Waals surface area contributed by atoms with Crippen LogP contribution in [0.15, 0.2) is 0 Å². The maximum Gasteiger partial charge on any atom is 0.308 e. The number of carbonyl (C=O) groups is 1. The minimum Gasteiger partial charge on any atom is -0.465 e. The van der Waals surface area contributed by atoms with E-state index in [2.05, 4.69) is 0 Å². The molecule has 1 saturated heterocycles. The van der Waals surface area contributed by atoms with Crippen LogP contribution in [-0.4, -0.2) is 32.1 Å². The fraction of sp³-hybridized carbons (Fsp3) is 0.944. The second kappa shape index (κ2) is 9.51. The van der Waals surface area contributed by atoms with Gasteiger partial charge in [-0.1, -0.05) is 13.8 Å². The molecule has 2 rings (SSSR count). The quantitative estimate of drug-likeness (QED) is 0.668. The molecule has 4 nitrogen and oxygen atoms in total. The van der Waals surface area contributed by atoms with Crippen LogP contribution in [-0.2, 0) is 19.0 Å². The molecule has 2 unspecified atom stereocenters. The summed E-state index contributed by atoms with van der Waals surface area (Å²) in [6.45, 7) is 6.22. The Balaban J connectivity index is 1.56. The molecule has 2 aliphatic rings. The number of carbonyl (C=O) groups excluding carboxylic acids is 1. The van der Waals surface area contributed by atoms with Gasteiger partial charge >= 0.3 is 5.97 Å². The Labute approximate surface area is 134 Å². The average molecular weight is 312 g/mol. The first-order valence-electron chi connectivity index (χ1n) is 9.08. The van der Waals surface area contributed by atoms with Gasteiger partial charge in [0.25, 0.3) is 0 Å². The maximum absolute atomic E-state index is 11.7. The highest BCUT2D eigenvalue weighted by atomic mass is 16.7. The van der Waals surface area contributed by atoms with Crippen LogP contribution in [0.2, 0.25) is 0 Å². The fourth-order valence-corrected chi connectivity index (χ4v) is 3.16. The standard InChI is InChI=1S/C18H32O4/c1-3-14(2)18(19)22-13-16-9-7-15(8-10-16)12-21-17-6-4-5-11-20-17/h14-17H,3-13H2,1-2H3. The SMILES string of the molecule is CCC(C)C(=O)OCC1CCC(COC2CCCCO2)CC1. The van der Waals surface area contributed by atoms with Gasteiger partial charge in [-0.25, -0.2) is 0 Å². The summed E-state index contributed by atoms with van der Waals surface area (Å²) in [6.07, 6.45) is 8.96. The van der Waals surface area contributed by atoms with Crippen molar-refractivity contribution in [3.8, 4) is 0 Å². The molecule has 0 aromatic heterocycles. The summed E-state index contributed by atoms with van der Waals surface area (Å²) in [5.41, 5.74) is 0. The van der Waals surface area contributed by atoms with Gasteiger partial charge in [0.15, 0.2) is 6.29 Å². The highest BCUT2D eigenvalue weighted by Crippen LogP contribution is 2.30. The minimum atomic E-state index is -0.0394. The normalized spacial score (nSPS) is 30.7. The number of esters is 1. The van der Waals surface area contributed by atoms with E-state index in [1.54, 1.807) is 0 Å². The van der Waals surface area contributed by atoms with Crippen molar-refractivity contribution in [1.29, 1.82) is 0 Å². The van der Waals surface area contributed by atoms with Crippen molar-refractivity contribution in [2.45, 2.75) is 71.5 Å². The van der Waals surface area contributed by atoms with Gasteiger partial charge in [-0.2, -0.15) is 0 Å². The van der Waals surface area contributed by atoms with Gasteiger partial charge in [-0.3, -0.25) is 4.79 Å². The molecular weight excluding hydrogens is 280 g/mol. The van der Waals surface area contributed by atoms with Crippen LogP contribution < -0.4 is 0 Å². The number of hydrogen-bond acceptors (Lipinski definition) is 4. The molecule has 0 amide bonds. The molecule has 0 aromatic rings. The Morgan fingerprint density at radius 2 is 1.77 bits per heavy atom. The van der Waals surface area contributed by atoms with E-state index < -0.39 is 0 Å². The van der Waals surface area contributed by atoms with Crippen molar-refractivity contribution in [3.05, 3.63) is 0 Å². The lowest BCUT2D eigenvalue weighted by Crippen LogP contribution is -2.28. The predicted molar refractivity (Wildman–Crippen MR) is 85.4 cm³/mol. The van der Waals surface area contributed by atoms with Gasteiger partial charge in [0.2, 0.25) is 0 Å². The summed E-state index contributed by atoms with van der Waals surface area (Å²) in [7, 11) is 0. The van der Waals surface area contributed by atoms with Gasteiger partial charge in [0.05, 0.1) is 19.1 Å². The largest absolute Gasteiger partial charge is 0.465 e. The Kier molecular flexibility index (Phi) is 7.67. The van der Waals surface area contributed by atoms with Gasteiger partial charge in [0.1, 0.15) is 0 Å². The average Bonchev–Trinajstić information content (AvgIpc) is 2.59. The summed E-state index contributed by atoms with van der Waals surface area (Å²) in [4.78, 5) is 11.7. The van der Waals surface area contributed by atoms with E-state index >= 15 is 0 Å². The van der Waals surface area contributed by atoms with Crippen LogP contribution in [0.5, 0.6) is 0 Å². The second-order valence-corrected chi connectivity index (χ2v) is 6.96. The van der Waals surface area contributed by atoms with E-state index in [1.807, 2.05) is 13.8 Å². The van der Waals surface area contributed by atoms with Gasteiger partial charge in [-0.15, -0.1) is 0 Å². The smallest absolute Gasteiger partial charge is 0.308 e. The second-order valence-electron chi connectivity index (χ2n) is 6.96. The van der Waals surface area contributed by atoms with Crippen molar-refractivity contribution in [2.75, 3.05) is 19.8 Å². The molecule has 0 N–H and O–H groups in total. The molecule has 1 aliphatic carbocycles. The molecule has 2 atom stereocenters. The highest BCUT2D eigenvalue weighted by molar-refractivity contribution is 5.71. The summed E-state index contributed by atoms with van der Waals surface area (Å²) < 4.78 is 16.9. The first-order chi connectivity index (χ1) is 10.7. The topological polar surface area (TPSA) is 44.8 Å². The van der Waals surface area contributed by atoms with E-state index in [9.17, 15) is 4.79 Å². The van der Waals surface area contributed by atoms with Crippen LogP contribution in [0.25, 0.3) is 0 Å². The third-order valence-corrected chi connectivity index (χ3v) is 5.10. The van der Waals surface area contributed by atoms with Crippen LogP contribution >= 0.6 is 0 Å². The molecule has 4 heteroatoms. The van der Waals surface area contributed by atoms with Crippen LogP contribution in [0, 0.1) is 17.8 Å². The van der Waals surface area contributed by atoms with E-state index in [-0.39, 0.29) is 18.2 Å². The van der Waals surface area contributed by atoms with Crippen molar-refractivity contribution in [3.63, 3.8) is 0 Å². The minimum absolute atomic E-state index is 0.0280. The zero-order valence-electron chi connectivity index (χ0n) is 14.2. The fourth-order valence-electron chi connectivity index (χ4n) is 3.16. The molecule has 1 saturated carbocycles. The first-order valence-corrected chi connectivity index (χ1v) is 9.08. The molecule has 0 spiro atoms. The zero-order valence-corrected chi connectivity index (χ0v) is 14.2. The van der Waals surface area contributed by atoms with Crippen LogP contribution in [0.4, 0.5) is 0 Å². The Hall–Kier alpha value is -0.610. The van der Waals surface area contributed by atoms with Crippen molar-refractivity contribution in [2.24, 2.45) is 17.8 Å². The van der Waals surface area contributed by atoms with Crippen molar-refractivity contribution < 1.29 is 19.0 Å². The highest BCUT2D eigenvalue weighted by Gasteiger charge is 2.24. The third-order valence-electron chi connectivity index (χ3n) is 5.10. The van der Waals surface area contributed by atoms with Crippen molar-refractivity contribution in [1.82, 2.24) is 0 Å². The maximum atomic E-state index is 11.7. The lowest BCUT2D eigenvalue weighted by atomic mass is 9.83. The number of rotatable bonds is 7. The molecule has 0 aromatic carbocycles. The monoisotopic (exact) mass is 312 g/mol. The molecule has 0 radical (unpaired) electrons. The van der Waals surface area contributed by atoms with E-state index in [4.69, 9.17) is 14.2 Å². The number of hydrogen-bond donors (Lipinski definition) is 0. The van der Waals surface area contributed by atoms with Gasteiger partial charge < -0.3 is 14.2 Å². The Bertz CT molecular complexity index is 317. The lowest BCUT2D eigenvalue weighted by Gasteiger charge is -2.30. The summed E-state index contributed by atoms with van der Waals surface area (Å²) in [5.74, 6) is 1.17. The Morgan fingerprint density at radius 3 is 2.36 bits per heavy atom. The molecule has 128 valence electrons. The zero-order chi connectivity index (χ0) is 15.8. The summed E-state index contributed by atoms with van der Waals surface area (Å²) in [5, 5.41) is 0. The third kappa shape index (κ3) is 5.88. The predicted octanol–water partition coefficient (Wildman–Crippen LogP) is 3.93. The van der Waals surface area contributed by atoms with Crippen LogP contribution in [0.1, 0.15) is 65.2 Å². The summed E-state index contributed by atoms with van der Waals surface area (Å²) in [6, 6.07) is 0. The van der Waals surface area contributed by atoms with Gasteiger partial charge in [-0.05, 0) is 63.2 Å². The molecular formula is C18H32O4. The van der Waals surface area contributed by atoms with E-state index in [0.29, 0.717) is 18.4 Å². The van der Waals surface area contributed by atoms with E-state index in [0.717, 1.165) is 38.9 Å². The first kappa shape index (κ1) is 17.7.